The average molecular weight is 287 g/mol. The van der Waals surface area contributed by atoms with Gasteiger partial charge in [-0.1, -0.05) is 25.5 Å². The number of carbonyl (C=O) groups is 1. The third-order valence-electron chi connectivity index (χ3n) is 2.93. The predicted molar refractivity (Wildman–Crippen MR) is 82.9 cm³/mol. The molecule has 1 rings (SSSR count). The Morgan fingerprint density at radius 3 is 2.81 bits per heavy atom. The molecule has 0 spiro atoms. The van der Waals surface area contributed by atoms with E-state index in [-0.39, 0.29) is 5.57 Å². The summed E-state index contributed by atoms with van der Waals surface area (Å²) in [6, 6.07) is 9.02. The zero-order valence-corrected chi connectivity index (χ0v) is 12.7. The van der Waals surface area contributed by atoms with Crippen molar-refractivity contribution in [1.29, 1.82) is 5.26 Å². The number of hydrogen-bond acceptors (Lipinski definition) is 4. The van der Waals surface area contributed by atoms with Crippen LogP contribution in [0.25, 0.3) is 0 Å². The number of nitriles is 1. The minimum atomic E-state index is -0.439. The number of rotatable bonds is 7. The Morgan fingerprint density at radius 1 is 1.48 bits per heavy atom. The van der Waals surface area contributed by atoms with E-state index >= 15 is 0 Å². The van der Waals surface area contributed by atoms with E-state index in [4.69, 9.17) is 10.00 Å². The quantitative estimate of drug-likeness (QED) is 0.618. The maximum atomic E-state index is 12.1. The summed E-state index contributed by atoms with van der Waals surface area (Å²) in [7, 11) is 3.38. The van der Waals surface area contributed by atoms with Gasteiger partial charge in [0.05, 0.1) is 12.8 Å². The van der Waals surface area contributed by atoms with Crippen molar-refractivity contribution in [2.24, 2.45) is 0 Å². The van der Waals surface area contributed by atoms with E-state index in [1.807, 2.05) is 24.1 Å². The molecule has 0 saturated carbocycles. The zero-order chi connectivity index (χ0) is 15.7. The van der Waals surface area contributed by atoms with Gasteiger partial charge in [0, 0.05) is 19.8 Å². The maximum absolute atomic E-state index is 12.1. The Morgan fingerprint density at radius 2 is 2.19 bits per heavy atom. The van der Waals surface area contributed by atoms with Crippen LogP contribution in [0.2, 0.25) is 0 Å². The molecule has 21 heavy (non-hydrogen) atoms. The molecular weight excluding hydrogens is 266 g/mol. The van der Waals surface area contributed by atoms with E-state index in [1.165, 1.54) is 7.11 Å². The first-order chi connectivity index (χ1) is 10.1. The molecule has 0 aromatic heterocycles. The first-order valence-electron chi connectivity index (χ1n) is 6.88. The number of unbranched alkanes of at least 4 members (excludes halogenated alkanes) is 1. The van der Waals surface area contributed by atoms with Gasteiger partial charge in [0.1, 0.15) is 17.4 Å². The topological polar surface area (TPSA) is 65.4 Å². The lowest BCUT2D eigenvalue weighted by atomic mass is 10.2. The summed E-state index contributed by atoms with van der Waals surface area (Å²) in [5.41, 5.74) is 0.613. The monoisotopic (exact) mass is 287 g/mol. The van der Waals surface area contributed by atoms with Gasteiger partial charge in [-0.25, -0.2) is 0 Å². The number of methoxy groups -OCH3 is 1. The van der Waals surface area contributed by atoms with Gasteiger partial charge < -0.3 is 15.0 Å². The molecule has 1 aromatic rings. The van der Waals surface area contributed by atoms with Crippen molar-refractivity contribution in [3.8, 4) is 11.8 Å². The number of carbonyl (C=O) groups excluding carboxylic acids is 1. The van der Waals surface area contributed by atoms with Crippen molar-refractivity contribution in [2.75, 3.05) is 26.0 Å². The van der Waals surface area contributed by atoms with Crippen LogP contribution in [0.15, 0.2) is 36.0 Å². The molecule has 0 fully saturated rings. The molecule has 1 amide bonds. The summed E-state index contributed by atoms with van der Waals surface area (Å²) in [4.78, 5) is 14.0. The number of anilines is 1. The van der Waals surface area contributed by atoms with Crippen LogP contribution in [0.3, 0.4) is 0 Å². The van der Waals surface area contributed by atoms with Crippen LogP contribution in [0, 0.1) is 11.3 Å². The van der Waals surface area contributed by atoms with Crippen LogP contribution in [0.4, 0.5) is 5.69 Å². The lowest BCUT2D eigenvalue weighted by molar-refractivity contribution is -0.112. The molecule has 0 saturated heterocycles. The molecular formula is C16H21N3O2. The SMILES string of the molecule is CCCCN(C)/C=C(/C#N)C(=O)Nc1ccccc1OC. The lowest BCUT2D eigenvalue weighted by Gasteiger charge is -2.14. The molecule has 1 aromatic carbocycles. The van der Waals surface area contributed by atoms with Gasteiger partial charge in [-0.3, -0.25) is 4.79 Å². The van der Waals surface area contributed by atoms with Crippen molar-refractivity contribution in [3.63, 3.8) is 0 Å². The number of benzene rings is 1. The Balaban J connectivity index is 2.80. The number of ether oxygens (including phenoxy) is 1. The van der Waals surface area contributed by atoms with Gasteiger partial charge in [-0.15, -0.1) is 0 Å². The van der Waals surface area contributed by atoms with E-state index in [1.54, 1.807) is 24.4 Å². The number of para-hydroxylation sites is 2. The van der Waals surface area contributed by atoms with Crippen LogP contribution in [0.5, 0.6) is 5.75 Å². The van der Waals surface area contributed by atoms with E-state index in [0.717, 1.165) is 19.4 Å². The van der Waals surface area contributed by atoms with E-state index < -0.39 is 5.91 Å². The van der Waals surface area contributed by atoms with Crippen molar-refractivity contribution >= 4 is 11.6 Å². The fraction of sp³-hybridized carbons (Fsp3) is 0.375. The second-order valence-corrected chi connectivity index (χ2v) is 4.64. The molecule has 5 nitrogen and oxygen atoms in total. The highest BCUT2D eigenvalue weighted by Gasteiger charge is 2.12. The Kier molecular flexibility index (Phi) is 6.82. The van der Waals surface area contributed by atoms with Crippen LogP contribution in [0.1, 0.15) is 19.8 Å². The lowest BCUT2D eigenvalue weighted by Crippen LogP contribution is -2.19. The molecule has 0 atom stereocenters. The van der Waals surface area contributed by atoms with Crippen LogP contribution in [-0.2, 0) is 4.79 Å². The first kappa shape index (κ1) is 16.6. The zero-order valence-electron chi connectivity index (χ0n) is 12.7. The summed E-state index contributed by atoms with van der Waals surface area (Å²) < 4.78 is 5.17. The molecule has 112 valence electrons. The van der Waals surface area contributed by atoms with Crippen molar-refractivity contribution in [2.45, 2.75) is 19.8 Å². The Bertz CT molecular complexity index is 547. The number of amides is 1. The molecule has 0 heterocycles. The average Bonchev–Trinajstić information content (AvgIpc) is 2.50. The number of hydrogen-bond donors (Lipinski definition) is 1. The third kappa shape index (κ3) is 5.19. The van der Waals surface area contributed by atoms with Gasteiger partial charge in [0.2, 0.25) is 0 Å². The highest BCUT2D eigenvalue weighted by molar-refractivity contribution is 6.07. The molecule has 0 bridgehead atoms. The van der Waals surface area contributed by atoms with Crippen molar-refractivity contribution in [3.05, 3.63) is 36.0 Å². The van der Waals surface area contributed by atoms with Crippen LogP contribution >= 0.6 is 0 Å². The van der Waals surface area contributed by atoms with Gasteiger partial charge in [-0.2, -0.15) is 5.26 Å². The molecule has 0 unspecified atom stereocenters. The highest BCUT2D eigenvalue weighted by Crippen LogP contribution is 2.23. The number of nitrogens with zero attached hydrogens (tertiary/aromatic N) is 2. The Hall–Kier alpha value is -2.48. The highest BCUT2D eigenvalue weighted by atomic mass is 16.5. The summed E-state index contributed by atoms with van der Waals surface area (Å²) in [5, 5.41) is 11.8. The molecule has 0 radical (unpaired) electrons. The summed E-state index contributed by atoms with van der Waals surface area (Å²) in [5.74, 6) is 0.118. The van der Waals surface area contributed by atoms with E-state index in [0.29, 0.717) is 11.4 Å². The molecule has 0 aliphatic carbocycles. The van der Waals surface area contributed by atoms with Gasteiger partial charge in [0.15, 0.2) is 0 Å². The summed E-state index contributed by atoms with van der Waals surface area (Å²) in [6.07, 6.45) is 3.65. The van der Waals surface area contributed by atoms with Crippen LogP contribution < -0.4 is 10.1 Å². The second kappa shape index (κ2) is 8.64. The molecule has 1 N–H and O–H groups in total. The minimum Gasteiger partial charge on any atom is -0.495 e. The molecule has 0 aliphatic heterocycles. The third-order valence-corrected chi connectivity index (χ3v) is 2.93. The fourth-order valence-corrected chi connectivity index (χ4v) is 1.77. The maximum Gasteiger partial charge on any atom is 0.267 e. The second-order valence-electron chi connectivity index (χ2n) is 4.64. The molecule has 5 heteroatoms. The van der Waals surface area contributed by atoms with Gasteiger partial charge in [0.25, 0.3) is 5.91 Å². The van der Waals surface area contributed by atoms with E-state index in [9.17, 15) is 4.79 Å². The normalized spacial score (nSPS) is 10.7. The summed E-state index contributed by atoms with van der Waals surface area (Å²) in [6.45, 7) is 2.90. The van der Waals surface area contributed by atoms with E-state index in [2.05, 4.69) is 12.2 Å². The smallest absolute Gasteiger partial charge is 0.267 e. The fourth-order valence-electron chi connectivity index (χ4n) is 1.77. The van der Waals surface area contributed by atoms with Crippen molar-refractivity contribution < 1.29 is 9.53 Å². The van der Waals surface area contributed by atoms with Gasteiger partial charge in [-0.05, 0) is 18.6 Å². The van der Waals surface area contributed by atoms with Crippen molar-refractivity contribution in [1.82, 2.24) is 4.90 Å². The number of nitrogens with one attached hydrogen (secondary N) is 1. The summed E-state index contributed by atoms with van der Waals surface area (Å²) >= 11 is 0. The largest absolute Gasteiger partial charge is 0.495 e. The predicted octanol–water partition coefficient (Wildman–Crippen LogP) is 2.77. The minimum absolute atomic E-state index is 0.0690. The standard InChI is InChI=1S/C16H21N3O2/c1-4-5-10-19(2)12-13(11-17)16(20)18-14-8-6-7-9-15(14)21-3/h6-9,12H,4-5,10H2,1-3H3,(H,18,20)/b13-12-. The van der Waals surface area contributed by atoms with Gasteiger partial charge >= 0.3 is 0 Å². The Labute approximate surface area is 125 Å². The van der Waals surface area contributed by atoms with Crippen LogP contribution in [-0.4, -0.2) is 31.5 Å². The first-order valence-corrected chi connectivity index (χ1v) is 6.88. The molecule has 0 aliphatic rings.